The Kier molecular flexibility index (Phi) is 4.33. The standard InChI is InChI=1S/C22H21NO3/c1-14-22(18-7-2-3-8-19(18)23-14)20(24)13-26-21(25)12-15-9-10-16-5-4-6-17(16)11-15/h2-3,7-11,23H,4-6,12-13H2,1H3. The van der Waals surface area contributed by atoms with Gasteiger partial charge in [0.15, 0.2) is 6.61 Å². The Morgan fingerprint density at radius 1 is 1.08 bits per heavy atom. The normalized spacial score (nSPS) is 13.0. The fourth-order valence-corrected chi connectivity index (χ4v) is 3.81. The van der Waals surface area contributed by atoms with E-state index >= 15 is 0 Å². The molecule has 1 N–H and O–H groups in total. The molecule has 0 aliphatic heterocycles. The molecule has 1 heterocycles. The first-order valence-electron chi connectivity index (χ1n) is 8.98. The number of hydrogen-bond donors (Lipinski definition) is 1. The van der Waals surface area contributed by atoms with Gasteiger partial charge in [0.05, 0.1) is 6.42 Å². The van der Waals surface area contributed by atoms with Crippen molar-refractivity contribution in [2.24, 2.45) is 0 Å². The number of esters is 1. The van der Waals surface area contributed by atoms with Crippen LogP contribution in [0, 0.1) is 6.92 Å². The summed E-state index contributed by atoms with van der Waals surface area (Å²) in [6, 6.07) is 13.8. The van der Waals surface area contributed by atoms with Crippen molar-refractivity contribution < 1.29 is 14.3 Å². The maximum Gasteiger partial charge on any atom is 0.310 e. The molecule has 3 aromatic rings. The molecule has 4 nitrogen and oxygen atoms in total. The van der Waals surface area contributed by atoms with Crippen LogP contribution in [0.2, 0.25) is 0 Å². The van der Waals surface area contributed by atoms with Crippen LogP contribution in [0.25, 0.3) is 10.9 Å². The molecule has 4 heteroatoms. The van der Waals surface area contributed by atoms with E-state index in [2.05, 4.69) is 17.1 Å². The zero-order chi connectivity index (χ0) is 18.1. The molecular weight excluding hydrogens is 326 g/mol. The number of para-hydroxylation sites is 1. The van der Waals surface area contributed by atoms with E-state index in [4.69, 9.17) is 4.74 Å². The number of aromatic amines is 1. The molecule has 0 fully saturated rings. The molecule has 0 saturated heterocycles. The summed E-state index contributed by atoms with van der Waals surface area (Å²) in [5.74, 6) is -0.545. The lowest BCUT2D eigenvalue weighted by atomic mass is 10.0. The topological polar surface area (TPSA) is 59.2 Å². The van der Waals surface area contributed by atoms with Crippen LogP contribution in [0.4, 0.5) is 0 Å². The Morgan fingerprint density at radius 3 is 2.77 bits per heavy atom. The predicted octanol–water partition coefficient (Wildman–Crippen LogP) is 3.93. The molecule has 2 aromatic carbocycles. The predicted molar refractivity (Wildman–Crippen MR) is 100 cm³/mol. The number of Topliss-reactive ketones (excluding diaryl/α,β-unsaturated/α-hetero) is 1. The molecule has 0 bridgehead atoms. The summed E-state index contributed by atoms with van der Waals surface area (Å²) < 4.78 is 5.25. The van der Waals surface area contributed by atoms with E-state index in [1.165, 1.54) is 17.5 Å². The van der Waals surface area contributed by atoms with E-state index in [1.807, 2.05) is 37.3 Å². The number of nitrogens with one attached hydrogen (secondary N) is 1. The molecule has 1 aliphatic carbocycles. The summed E-state index contributed by atoms with van der Waals surface area (Å²) in [4.78, 5) is 27.9. The van der Waals surface area contributed by atoms with Crippen molar-refractivity contribution in [3.8, 4) is 0 Å². The van der Waals surface area contributed by atoms with Crippen molar-refractivity contribution in [1.29, 1.82) is 0 Å². The minimum absolute atomic E-state index is 0.178. The lowest BCUT2D eigenvalue weighted by molar-refractivity contribution is -0.141. The number of carbonyl (C=O) groups is 2. The molecule has 0 saturated carbocycles. The van der Waals surface area contributed by atoms with Crippen molar-refractivity contribution in [3.05, 3.63) is 70.4 Å². The minimum Gasteiger partial charge on any atom is -0.457 e. The summed E-state index contributed by atoms with van der Waals surface area (Å²) in [5.41, 5.74) is 5.98. The van der Waals surface area contributed by atoms with Crippen molar-refractivity contribution in [2.45, 2.75) is 32.6 Å². The van der Waals surface area contributed by atoms with Crippen molar-refractivity contribution >= 4 is 22.7 Å². The summed E-state index contributed by atoms with van der Waals surface area (Å²) in [6.07, 6.45) is 3.59. The third kappa shape index (κ3) is 3.15. The lowest BCUT2D eigenvalue weighted by Gasteiger charge is -2.07. The Labute approximate surface area is 152 Å². The fraction of sp³-hybridized carbons (Fsp3) is 0.273. The average Bonchev–Trinajstić information content (AvgIpc) is 3.22. The monoisotopic (exact) mass is 347 g/mol. The van der Waals surface area contributed by atoms with Crippen molar-refractivity contribution in [3.63, 3.8) is 0 Å². The van der Waals surface area contributed by atoms with Gasteiger partial charge in [-0.3, -0.25) is 9.59 Å². The molecule has 0 unspecified atom stereocenters. The van der Waals surface area contributed by atoms with Crippen LogP contribution in [0.5, 0.6) is 0 Å². The molecule has 132 valence electrons. The number of carbonyl (C=O) groups excluding carboxylic acids is 2. The molecule has 0 atom stereocenters. The number of rotatable bonds is 5. The smallest absolute Gasteiger partial charge is 0.310 e. The number of aromatic nitrogens is 1. The highest BCUT2D eigenvalue weighted by atomic mass is 16.5. The van der Waals surface area contributed by atoms with Crippen LogP contribution in [0.15, 0.2) is 42.5 Å². The van der Waals surface area contributed by atoms with Gasteiger partial charge in [0.2, 0.25) is 5.78 Å². The van der Waals surface area contributed by atoms with Gasteiger partial charge in [0, 0.05) is 22.2 Å². The van der Waals surface area contributed by atoms with Crippen LogP contribution in [0.1, 0.15) is 39.2 Å². The zero-order valence-corrected chi connectivity index (χ0v) is 14.8. The average molecular weight is 347 g/mol. The largest absolute Gasteiger partial charge is 0.457 e. The van der Waals surface area contributed by atoms with Crippen LogP contribution < -0.4 is 0 Å². The van der Waals surface area contributed by atoms with Gasteiger partial charge in [-0.25, -0.2) is 0 Å². The Bertz CT molecular complexity index is 1000. The Hall–Kier alpha value is -2.88. The van der Waals surface area contributed by atoms with Gasteiger partial charge < -0.3 is 9.72 Å². The molecule has 4 rings (SSSR count). The van der Waals surface area contributed by atoms with E-state index in [0.717, 1.165) is 35.0 Å². The quantitative estimate of drug-likeness (QED) is 0.562. The van der Waals surface area contributed by atoms with E-state index in [1.54, 1.807) is 0 Å². The molecule has 1 aliphatic rings. The second-order valence-corrected chi connectivity index (χ2v) is 6.89. The van der Waals surface area contributed by atoms with E-state index < -0.39 is 0 Å². The first-order valence-corrected chi connectivity index (χ1v) is 8.98. The van der Waals surface area contributed by atoms with Gasteiger partial charge in [-0.15, -0.1) is 0 Å². The molecule has 0 spiro atoms. The minimum atomic E-state index is -0.367. The maximum absolute atomic E-state index is 12.6. The second-order valence-electron chi connectivity index (χ2n) is 6.89. The van der Waals surface area contributed by atoms with Crippen LogP contribution >= 0.6 is 0 Å². The highest BCUT2D eigenvalue weighted by Gasteiger charge is 2.18. The first-order chi connectivity index (χ1) is 12.6. The summed E-state index contributed by atoms with van der Waals surface area (Å²) >= 11 is 0. The van der Waals surface area contributed by atoms with Crippen LogP contribution in [-0.4, -0.2) is 23.3 Å². The zero-order valence-electron chi connectivity index (χ0n) is 14.8. The Morgan fingerprint density at radius 2 is 1.88 bits per heavy atom. The van der Waals surface area contributed by atoms with Gasteiger partial charge in [-0.1, -0.05) is 36.4 Å². The highest BCUT2D eigenvalue weighted by Crippen LogP contribution is 2.24. The fourth-order valence-electron chi connectivity index (χ4n) is 3.81. The number of ketones is 1. The number of ether oxygens (including phenoxy) is 1. The SMILES string of the molecule is Cc1[nH]c2ccccc2c1C(=O)COC(=O)Cc1ccc2c(c1)CCC2. The molecule has 0 radical (unpaired) electrons. The van der Waals surface area contributed by atoms with Gasteiger partial charge >= 0.3 is 5.97 Å². The number of hydrogen-bond acceptors (Lipinski definition) is 3. The Balaban J connectivity index is 1.41. The van der Waals surface area contributed by atoms with Crippen molar-refractivity contribution in [1.82, 2.24) is 4.98 Å². The summed E-state index contributed by atoms with van der Waals surface area (Å²) in [5, 5.41) is 0.865. The number of fused-ring (bicyclic) bond motifs is 2. The van der Waals surface area contributed by atoms with Crippen molar-refractivity contribution in [2.75, 3.05) is 6.61 Å². The third-order valence-electron chi connectivity index (χ3n) is 5.05. The first kappa shape index (κ1) is 16.6. The lowest BCUT2D eigenvalue weighted by Crippen LogP contribution is -2.16. The summed E-state index contributed by atoms with van der Waals surface area (Å²) in [6.45, 7) is 1.63. The molecule has 0 amide bonds. The molecule has 26 heavy (non-hydrogen) atoms. The van der Waals surface area contributed by atoms with E-state index in [-0.39, 0.29) is 24.8 Å². The number of aryl methyl sites for hydroxylation is 3. The molecule has 1 aromatic heterocycles. The third-order valence-corrected chi connectivity index (χ3v) is 5.05. The van der Waals surface area contributed by atoms with Gasteiger partial charge in [0.25, 0.3) is 0 Å². The van der Waals surface area contributed by atoms with E-state index in [0.29, 0.717) is 5.56 Å². The van der Waals surface area contributed by atoms with Gasteiger partial charge in [-0.2, -0.15) is 0 Å². The number of benzene rings is 2. The molecular formula is C22H21NO3. The van der Waals surface area contributed by atoms with Crippen LogP contribution in [0.3, 0.4) is 0 Å². The highest BCUT2D eigenvalue weighted by molar-refractivity contribution is 6.10. The van der Waals surface area contributed by atoms with Gasteiger partial charge in [0.1, 0.15) is 0 Å². The van der Waals surface area contributed by atoms with Crippen LogP contribution in [-0.2, 0) is 28.8 Å². The summed E-state index contributed by atoms with van der Waals surface area (Å²) in [7, 11) is 0. The van der Waals surface area contributed by atoms with Gasteiger partial charge in [-0.05, 0) is 48.9 Å². The number of H-pyrrole nitrogens is 1. The van der Waals surface area contributed by atoms with E-state index in [9.17, 15) is 9.59 Å². The second kappa shape index (κ2) is 6.79. The maximum atomic E-state index is 12.6.